The molecule has 9 heteroatoms. The van der Waals surface area contributed by atoms with Crippen molar-refractivity contribution >= 4 is 17.7 Å². The monoisotopic (exact) mass is 459 g/mol. The summed E-state index contributed by atoms with van der Waals surface area (Å²) in [4.78, 5) is 24.5. The molecule has 9 nitrogen and oxygen atoms in total. The highest BCUT2D eigenvalue weighted by Gasteiger charge is 2.15. The Morgan fingerprint density at radius 3 is 2.35 bits per heavy atom. The lowest BCUT2D eigenvalue weighted by Gasteiger charge is -2.09. The lowest BCUT2D eigenvalue weighted by molar-refractivity contribution is -0.147. The third-order valence-electron chi connectivity index (χ3n) is 5.05. The molecule has 0 saturated carbocycles. The van der Waals surface area contributed by atoms with E-state index in [4.69, 9.17) is 9.15 Å². The number of ether oxygens (including phenoxy) is 1. The second kappa shape index (κ2) is 10.1. The average molecular weight is 460 g/mol. The molecular formula is C25H25N5O4. The zero-order valence-electron chi connectivity index (χ0n) is 19.2. The summed E-state index contributed by atoms with van der Waals surface area (Å²) in [5.74, 6) is 0.226. The smallest absolute Gasteiger partial charge is 0.306 e. The summed E-state index contributed by atoms with van der Waals surface area (Å²) in [6, 6.07) is 17.2. The molecule has 4 aromatic rings. The van der Waals surface area contributed by atoms with Gasteiger partial charge in [-0.1, -0.05) is 35.4 Å². The molecule has 1 amide bonds. The fraction of sp³-hybridized carbons (Fsp3) is 0.240. The van der Waals surface area contributed by atoms with Crippen molar-refractivity contribution in [3.8, 4) is 17.1 Å². The quantitative estimate of drug-likeness (QED) is 0.397. The minimum absolute atomic E-state index is 0.0171. The molecule has 34 heavy (non-hydrogen) atoms. The Labute approximate surface area is 196 Å². The zero-order chi connectivity index (χ0) is 24.1. The molecule has 0 aliphatic rings. The van der Waals surface area contributed by atoms with Crippen molar-refractivity contribution < 1.29 is 18.7 Å². The minimum atomic E-state index is -0.534. The van der Waals surface area contributed by atoms with E-state index in [1.165, 1.54) is 0 Å². The fourth-order valence-electron chi connectivity index (χ4n) is 3.24. The van der Waals surface area contributed by atoms with Crippen LogP contribution in [0.1, 0.15) is 29.1 Å². The van der Waals surface area contributed by atoms with Crippen molar-refractivity contribution in [3.63, 3.8) is 0 Å². The largest absolute Gasteiger partial charge is 0.456 e. The van der Waals surface area contributed by atoms with Crippen molar-refractivity contribution in [2.75, 3.05) is 11.9 Å². The standard InChI is InChI=1S/C25H25N5O4/c1-16-4-8-19(9-5-16)25-28-27-23(34-25)12-13-24(32)33-15-22(31)26-21-14-18(3)29-30(21)20-10-6-17(2)7-11-20/h4-11,14H,12-13,15H2,1-3H3,(H,26,31). The molecule has 0 aliphatic heterocycles. The normalized spacial score (nSPS) is 10.8. The van der Waals surface area contributed by atoms with E-state index < -0.39 is 18.5 Å². The number of rotatable bonds is 8. The van der Waals surface area contributed by atoms with E-state index in [-0.39, 0.29) is 12.8 Å². The Kier molecular flexibility index (Phi) is 6.82. The van der Waals surface area contributed by atoms with Gasteiger partial charge < -0.3 is 14.5 Å². The number of carbonyl (C=O) groups is 2. The van der Waals surface area contributed by atoms with E-state index in [1.807, 2.05) is 69.3 Å². The molecule has 174 valence electrons. The second-order valence-electron chi connectivity index (χ2n) is 7.99. The van der Waals surface area contributed by atoms with Crippen molar-refractivity contribution in [3.05, 3.63) is 77.3 Å². The van der Waals surface area contributed by atoms with E-state index in [2.05, 4.69) is 20.6 Å². The Morgan fingerprint density at radius 1 is 0.971 bits per heavy atom. The Balaban J connectivity index is 1.27. The van der Waals surface area contributed by atoms with Gasteiger partial charge in [-0.3, -0.25) is 9.59 Å². The predicted octanol–water partition coefficient (Wildman–Crippen LogP) is 3.96. The van der Waals surface area contributed by atoms with Gasteiger partial charge in [-0.2, -0.15) is 5.10 Å². The number of carbonyl (C=O) groups excluding carboxylic acids is 2. The van der Waals surface area contributed by atoms with Gasteiger partial charge in [0.2, 0.25) is 11.8 Å². The van der Waals surface area contributed by atoms with E-state index in [0.717, 1.165) is 28.1 Å². The van der Waals surface area contributed by atoms with Crippen LogP contribution in [0.4, 0.5) is 5.82 Å². The molecule has 2 aromatic heterocycles. The number of hydrogen-bond acceptors (Lipinski definition) is 7. The Morgan fingerprint density at radius 2 is 1.65 bits per heavy atom. The number of nitrogens with one attached hydrogen (secondary N) is 1. The first-order valence-corrected chi connectivity index (χ1v) is 10.9. The maximum Gasteiger partial charge on any atom is 0.306 e. The molecule has 4 rings (SSSR count). The van der Waals surface area contributed by atoms with Crippen LogP contribution in [0.15, 0.2) is 59.0 Å². The van der Waals surface area contributed by atoms with Crippen LogP contribution in [0.5, 0.6) is 0 Å². The van der Waals surface area contributed by atoms with Crippen LogP contribution in [0.25, 0.3) is 17.1 Å². The summed E-state index contributed by atoms with van der Waals surface area (Å²) in [7, 11) is 0. The molecule has 2 aromatic carbocycles. The second-order valence-corrected chi connectivity index (χ2v) is 7.99. The Hall–Kier alpha value is -4.27. The highest BCUT2D eigenvalue weighted by molar-refractivity contribution is 5.92. The molecule has 0 fully saturated rings. The highest BCUT2D eigenvalue weighted by Crippen LogP contribution is 2.19. The van der Waals surface area contributed by atoms with E-state index in [1.54, 1.807) is 10.7 Å². The van der Waals surface area contributed by atoms with Gasteiger partial charge in [-0.15, -0.1) is 10.2 Å². The number of benzene rings is 2. The van der Waals surface area contributed by atoms with Gasteiger partial charge in [0.1, 0.15) is 5.82 Å². The van der Waals surface area contributed by atoms with Gasteiger partial charge in [0.25, 0.3) is 5.91 Å². The average Bonchev–Trinajstić information content (AvgIpc) is 3.44. The van der Waals surface area contributed by atoms with Crippen LogP contribution in [0.3, 0.4) is 0 Å². The van der Waals surface area contributed by atoms with Crippen LogP contribution < -0.4 is 5.32 Å². The van der Waals surface area contributed by atoms with Crippen LogP contribution in [-0.2, 0) is 20.7 Å². The van der Waals surface area contributed by atoms with Gasteiger partial charge in [0.05, 0.1) is 17.8 Å². The number of amides is 1. The highest BCUT2D eigenvalue weighted by atomic mass is 16.5. The summed E-state index contributed by atoms with van der Waals surface area (Å²) in [5, 5.41) is 15.1. The summed E-state index contributed by atoms with van der Waals surface area (Å²) in [6.07, 6.45) is 0.238. The van der Waals surface area contributed by atoms with Crippen molar-refractivity contribution in [2.24, 2.45) is 0 Å². The molecule has 0 atom stereocenters. The number of aryl methyl sites for hydroxylation is 4. The topological polar surface area (TPSA) is 112 Å². The Bertz CT molecular complexity index is 1290. The summed E-state index contributed by atoms with van der Waals surface area (Å²) < 4.78 is 12.3. The predicted molar refractivity (Wildman–Crippen MR) is 125 cm³/mol. The number of anilines is 1. The minimum Gasteiger partial charge on any atom is -0.456 e. The first kappa shape index (κ1) is 22.9. The van der Waals surface area contributed by atoms with Gasteiger partial charge in [0, 0.05) is 18.1 Å². The maximum absolute atomic E-state index is 12.4. The SMILES string of the molecule is Cc1ccc(-c2nnc(CCC(=O)OCC(=O)Nc3cc(C)nn3-c3ccc(C)cc3)o2)cc1. The fourth-order valence-corrected chi connectivity index (χ4v) is 3.24. The van der Waals surface area contributed by atoms with E-state index >= 15 is 0 Å². The lowest BCUT2D eigenvalue weighted by atomic mass is 10.1. The number of esters is 1. The summed E-state index contributed by atoms with van der Waals surface area (Å²) in [5.41, 5.74) is 4.62. The first-order valence-electron chi connectivity index (χ1n) is 10.9. The van der Waals surface area contributed by atoms with E-state index in [0.29, 0.717) is 17.6 Å². The molecule has 0 bridgehead atoms. The number of aromatic nitrogens is 4. The lowest BCUT2D eigenvalue weighted by Crippen LogP contribution is -2.22. The number of hydrogen-bond donors (Lipinski definition) is 1. The molecule has 0 saturated heterocycles. The van der Waals surface area contributed by atoms with Crippen LogP contribution in [-0.4, -0.2) is 38.5 Å². The number of nitrogens with zero attached hydrogens (tertiary/aromatic N) is 4. The van der Waals surface area contributed by atoms with Crippen LogP contribution in [0.2, 0.25) is 0 Å². The maximum atomic E-state index is 12.4. The molecular weight excluding hydrogens is 434 g/mol. The van der Waals surface area contributed by atoms with E-state index in [9.17, 15) is 9.59 Å². The van der Waals surface area contributed by atoms with Gasteiger partial charge in [-0.25, -0.2) is 4.68 Å². The molecule has 0 aliphatic carbocycles. The van der Waals surface area contributed by atoms with Crippen molar-refractivity contribution in [1.29, 1.82) is 0 Å². The molecule has 2 heterocycles. The summed E-state index contributed by atoms with van der Waals surface area (Å²) >= 11 is 0. The van der Waals surface area contributed by atoms with Crippen molar-refractivity contribution in [2.45, 2.75) is 33.6 Å². The zero-order valence-corrected chi connectivity index (χ0v) is 19.2. The third kappa shape index (κ3) is 5.74. The van der Waals surface area contributed by atoms with Crippen LogP contribution in [0, 0.1) is 20.8 Å². The molecule has 0 radical (unpaired) electrons. The molecule has 0 unspecified atom stereocenters. The first-order chi connectivity index (χ1) is 16.4. The van der Waals surface area contributed by atoms with Gasteiger partial charge >= 0.3 is 5.97 Å². The third-order valence-corrected chi connectivity index (χ3v) is 5.05. The summed E-state index contributed by atoms with van der Waals surface area (Å²) in [6.45, 7) is 5.42. The van der Waals surface area contributed by atoms with Crippen LogP contribution >= 0.6 is 0 Å². The van der Waals surface area contributed by atoms with Crippen molar-refractivity contribution in [1.82, 2.24) is 20.0 Å². The van der Waals surface area contributed by atoms with Gasteiger partial charge in [-0.05, 0) is 45.0 Å². The molecule has 1 N–H and O–H groups in total. The molecule has 0 spiro atoms. The van der Waals surface area contributed by atoms with Gasteiger partial charge in [0.15, 0.2) is 6.61 Å².